The first-order valence-electron chi connectivity index (χ1n) is 5.78. The Morgan fingerprint density at radius 3 is 2.35 bits per heavy atom. The molecule has 1 aromatic carbocycles. The smallest absolute Gasteiger partial charge is 0.0302 e. The third kappa shape index (κ3) is 2.75. The summed E-state index contributed by atoms with van der Waals surface area (Å²) in [5.74, 6) is 0. The van der Waals surface area contributed by atoms with E-state index in [1.165, 1.54) is 20.9 Å². The van der Waals surface area contributed by atoms with E-state index in [-0.39, 0.29) is 0 Å². The first-order chi connectivity index (χ1) is 8.35. The maximum atomic E-state index is 2.21. The van der Waals surface area contributed by atoms with Crippen LogP contribution in [0, 0.1) is 0 Å². The van der Waals surface area contributed by atoms with Gasteiger partial charge in [0.15, 0.2) is 0 Å². The second-order valence-corrected chi connectivity index (χ2v) is 4.70. The van der Waals surface area contributed by atoms with Crippen LogP contribution in [0.4, 0.5) is 0 Å². The van der Waals surface area contributed by atoms with E-state index in [1.807, 2.05) is 6.07 Å². The van der Waals surface area contributed by atoms with Crippen molar-refractivity contribution in [3.8, 4) is 0 Å². The fraction of sp³-hybridized carbons (Fsp3) is 0.125. The summed E-state index contributed by atoms with van der Waals surface area (Å²) in [6, 6.07) is 10.4. The predicted octanol–water partition coefficient (Wildman–Crippen LogP) is 3.52. The van der Waals surface area contributed by atoms with Gasteiger partial charge in [0.25, 0.3) is 0 Å². The lowest BCUT2D eigenvalue weighted by molar-refractivity contribution is 1.62. The van der Waals surface area contributed by atoms with Crippen molar-refractivity contribution in [3.63, 3.8) is 0 Å². The Morgan fingerprint density at radius 2 is 1.71 bits per heavy atom. The van der Waals surface area contributed by atoms with E-state index in [1.54, 1.807) is 11.3 Å². The van der Waals surface area contributed by atoms with Gasteiger partial charge in [-0.05, 0) is 35.6 Å². The molecule has 0 aliphatic rings. The Labute approximate surface area is 106 Å². The lowest BCUT2D eigenvalue weighted by Gasteiger charge is -1.91. The molecule has 0 spiro atoms. The summed E-state index contributed by atoms with van der Waals surface area (Å²) in [6.07, 6.45) is 8.69. The highest BCUT2D eigenvalue weighted by Crippen LogP contribution is 2.05. The van der Waals surface area contributed by atoms with Crippen LogP contribution >= 0.6 is 11.3 Å². The fourth-order valence-corrected chi connectivity index (χ4v) is 2.77. The Balaban J connectivity index is 2.38. The van der Waals surface area contributed by atoms with Gasteiger partial charge >= 0.3 is 0 Å². The van der Waals surface area contributed by atoms with Crippen molar-refractivity contribution < 1.29 is 0 Å². The van der Waals surface area contributed by atoms with E-state index in [0.29, 0.717) is 0 Å². The lowest BCUT2D eigenvalue weighted by Crippen LogP contribution is -2.19. The van der Waals surface area contributed by atoms with Crippen LogP contribution in [0.25, 0.3) is 24.3 Å². The minimum Gasteiger partial charge on any atom is -0.144 e. The summed E-state index contributed by atoms with van der Waals surface area (Å²) >= 11 is 1.80. The minimum atomic E-state index is 1.24. The van der Waals surface area contributed by atoms with Crippen molar-refractivity contribution >= 4 is 35.6 Å². The number of hydrogen-bond acceptors (Lipinski definition) is 1. The van der Waals surface area contributed by atoms with Gasteiger partial charge in [-0.2, -0.15) is 0 Å². The van der Waals surface area contributed by atoms with Crippen molar-refractivity contribution in [2.75, 3.05) is 0 Å². The van der Waals surface area contributed by atoms with Crippen LogP contribution in [0.15, 0.2) is 35.7 Å². The number of hydrogen-bond donors (Lipinski definition) is 0. The average Bonchev–Trinajstić information content (AvgIpc) is 2.79. The number of rotatable bonds is 2. The molecule has 0 aliphatic heterocycles. The molecule has 0 bridgehead atoms. The monoisotopic (exact) mass is 240 g/mol. The standard InChI is InChI=1S/C16H16S/c1-3-15-14(12-17-16(15)4-2)11-10-13-8-6-5-7-9-13/h3-12H,1-2H3. The quantitative estimate of drug-likeness (QED) is 0.753. The molecule has 0 radical (unpaired) electrons. The van der Waals surface area contributed by atoms with E-state index < -0.39 is 0 Å². The summed E-state index contributed by atoms with van der Waals surface area (Å²) in [5.41, 5.74) is 2.54. The molecule has 0 saturated carbocycles. The molecule has 1 aromatic heterocycles. The molecule has 0 atom stereocenters. The molecule has 17 heavy (non-hydrogen) atoms. The summed E-state index contributed by atoms with van der Waals surface area (Å²) < 4.78 is 1.35. The van der Waals surface area contributed by atoms with Crippen molar-refractivity contribution in [3.05, 3.63) is 56.6 Å². The van der Waals surface area contributed by atoms with Crippen LogP contribution in [0.5, 0.6) is 0 Å². The Bertz CT molecular complexity index is 615. The second kappa shape index (κ2) is 5.65. The molecule has 0 fully saturated rings. The molecular weight excluding hydrogens is 224 g/mol. The van der Waals surface area contributed by atoms with Crippen molar-refractivity contribution in [2.45, 2.75) is 13.8 Å². The molecule has 86 valence electrons. The average molecular weight is 240 g/mol. The van der Waals surface area contributed by atoms with Crippen LogP contribution in [0.3, 0.4) is 0 Å². The molecule has 0 aliphatic carbocycles. The summed E-state index contributed by atoms with van der Waals surface area (Å²) in [4.78, 5) is 0. The fourth-order valence-electron chi connectivity index (χ4n) is 1.81. The van der Waals surface area contributed by atoms with Crippen LogP contribution in [-0.4, -0.2) is 0 Å². The van der Waals surface area contributed by atoms with E-state index in [2.05, 4.69) is 67.8 Å². The maximum Gasteiger partial charge on any atom is 0.0302 e. The van der Waals surface area contributed by atoms with E-state index in [0.717, 1.165) is 0 Å². The highest BCUT2D eigenvalue weighted by Gasteiger charge is 1.94. The van der Waals surface area contributed by atoms with Gasteiger partial charge in [0.1, 0.15) is 0 Å². The lowest BCUT2D eigenvalue weighted by atomic mass is 10.1. The summed E-state index contributed by atoms with van der Waals surface area (Å²) in [5, 5.41) is 3.55. The second-order valence-electron chi connectivity index (χ2n) is 3.79. The molecule has 1 heterocycles. The van der Waals surface area contributed by atoms with E-state index >= 15 is 0 Å². The third-order valence-electron chi connectivity index (χ3n) is 2.70. The molecule has 0 nitrogen and oxygen atoms in total. The zero-order valence-corrected chi connectivity index (χ0v) is 11.0. The van der Waals surface area contributed by atoms with Gasteiger partial charge in [-0.15, -0.1) is 11.3 Å². The zero-order valence-electron chi connectivity index (χ0n) is 10.2. The van der Waals surface area contributed by atoms with Gasteiger partial charge in [0.05, 0.1) is 0 Å². The summed E-state index contributed by atoms with van der Waals surface area (Å²) in [7, 11) is 0. The number of thiophene rings is 1. The molecule has 0 N–H and O–H groups in total. The number of benzene rings is 1. The van der Waals surface area contributed by atoms with Gasteiger partial charge in [0.2, 0.25) is 0 Å². The Hall–Kier alpha value is -1.60. The Kier molecular flexibility index (Phi) is 3.94. The molecule has 2 rings (SSSR count). The molecule has 0 amide bonds. The molecular formula is C16H16S. The maximum absolute atomic E-state index is 2.21. The summed E-state index contributed by atoms with van der Waals surface area (Å²) in [6.45, 7) is 4.18. The van der Waals surface area contributed by atoms with Crippen LogP contribution in [0.1, 0.15) is 25.0 Å². The Morgan fingerprint density at radius 1 is 0.941 bits per heavy atom. The SMILES string of the molecule is CC=c1scc(C=Cc2ccccc2)c1=CC. The van der Waals surface area contributed by atoms with Gasteiger partial charge in [-0.25, -0.2) is 0 Å². The van der Waals surface area contributed by atoms with Crippen molar-refractivity contribution in [1.82, 2.24) is 0 Å². The van der Waals surface area contributed by atoms with Crippen molar-refractivity contribution in [2.24, 2.45) is 0 Å². The molecule has 2 aromatic rings. The first kappa shape index (κ1) is 11.9. The normalized spacial score (nSPS) is 13.8. The highest BCUT2D eigenvalue weighted by molar-refractivity contribution is 7.08. The van der Waals surface area contributed by atoms with Gasteiger partial charge < -0.3 is 0 Å². The van der Waals surface area contributed by atoms with Crippen molar-refractivity contribution in [1.29, 1.82) is 0 Å². The highest BCUT2D eigenvalue weighted by atomic mass is 32.1. The van der Waals surface area contributed by atoms with Gasteiger partial charge in [0, 0.05) is 4.53 Å². The van der Waals surface area contributed by atoms with Gasteiger partial charge in [-0.3, -0.25) is 0 Å². The topological polar surface area (TPSA) is 0 Å². The minimum absolute atomic E-state index is 1.24. The van der Waals surface area contributed by atoms with E-state index in [9.17, 15) is 0 Å². The third-order valence-corrected chi connectivity index (χ3v) is 3.78. The molecule has 0 saturated heterocycles. The van der Waals surface area contributed by atoms with Crippen LogP contribution in [0.2, 0.25) is 0 Å². The zero-order chi connectivity index (χ0) is 12.1. The molecule has 0 unspecified atom stereocenters. The van der Waals surface area contributed by atoms with Crippen LogP contribution < -0.4 is 9.75 Å². The van der Waals surface area contributed by atoms with Gasteiger partial charge in [-0.1, -0.05) is 54.6 Å². The first-order valence-corrected chi connectivity index (χ1v) is 6.66. The largest absolute Gasteiger partial charge is 0.144 e. The predicted molar refractivity (Wildman–Crippen MR) is 79.2 cm³/mol. The van der Waals surface area contributed by atoms with Crippen LogP contribution in [-0.2, 0) is 0 Å². The van der Waals surface area contributed by atoms with E-state index in [4.69, 9.17) is 0 Å². The molecule has 1 heteroatoms.